The molecule has 0 aromatic heterocycles. The van der Waals surface area contributed by atoms with Gasteiger partial charge < -0.3 is 0 Å². The first kappa shape index (κ1) is 18.5. The molecule has 0 amide bonds. The Hall–Kier alpha value is -3.90. The molecule has 0 N–H and O–H groups in total. The van der Waals surface area contributed by atoms with E-state index in [4.69, 9.17) is 0 Å². The van der Waals surface area contributed by atoms with Crippen LogP contribution in [-0.2, 0) is 10.8 Å². The number of hydrogen-bond acceptors (Lipinski definition) is 0. The van der Waals surface area contributed by atoms with E-state index < -0.39 is 0 Å². The van der Waals surface area contributed by atoms with Crippen molar-refractivity contribution in [1.82, 2.24) is 0 Å². The molecular weight excluding hydrogens is 408 g/mol. The average molecular weight is 433 g/mol. The van der Waals surface area contributed by atoms with E-state index in [0.717, 1.165) is 0 Å². The maximum absolute atomic E-state index is 2.45. The van der Waals surface area contributed by atoms with Crippen LogP contribution >= 0.6 is 0 Å². The summed E-state index contributed by atoms with van der Waals surface area (Å²) >= 11 is 0. The van der Waals surface area contributed by atoms with Crippen molar-refractivity contribution in [3.8, 4) is 33.4 Å². The molecule has 8 rings (SSSR count). The van der Waals surface area contributed by atoms with Crippen molar-refractivity contribution in [2.45, 2.75) is 24.7 Å². The summed E-state index contributed by atoms with van der Waals surface area (Å²) in [4.78, 5) is 0. The van der Waals surface area contributed by atoms with Gasteiger partial charge >= 0.3 is 0 Å². The van der Waals surface area contributed by atoms with E-state index >= 15 is 0 Å². The lowest BCUT2D eigenvalue weighted by Crippen LogP contribution is -2.26. The summed E-state index contributed by atoms with van der Waals surface area (Å²) < 4.78 is 0. The number of fused-ring (bicyclic) bond motifs is 14. The molecule has 0 unspecified atom stereocenters. The zero-order valence-electron chi connectivity index (χ0n) is 19.4. The van der Waals surface area contributed by atoms with Crippen LogP contribution in [0, 0.1) is 0 Å². The van der Waals surface area contributed by atoms with Crippen LogP contribution in [0.1, 0.15) is 47.2 Å². The zero-order chi connectivity index (χ0) is 22.7. The molecule has 0 heteroatoms. The van der Waals surface area contributed by atoms with Gasteiger partial charge in [-0.1, -0.05) is 123 Å². The van der Waals surface area contributed by atoms with Crippen LogP contribution < -0.4 is 0 Å². The molecule has 0 bridgehead atoms. The normalized spacial score (nSPS) is 16.4. The number of rotatable bonds is 0. The Labute approximate surface area is 200 Å². The van der Waals surface area contributed by atoms with Crippen LogP contribution in [0.25, 0.3) is 33.4 Å². The second-order valence-corrected chi connectivity index (χ2v) is 10.5. The summed E-state index contributed by atoms with van der Waals surface area (Å²) in [6, 6.07) is 41.1. The second kappa shape index (κ2) is 5.96. The first-order valence-electron chi connectivity index (χ1n) is 12.2. The first-order chi connectivity index (χ1) is 16.6. The third-order valence-electron chi connectivity index (χ3n) is 8.71. The molecular formula is C34H24. The van der Waals surface area contributed by atoms with Gasteiger partial charge in [0, 0.05) is 5.41 Å². The lowest BCUT2D eigenvalue weighted by atomic mass is 9.70. The van der Waals surface area contributed by atoms with Gasteiger partial charge in [-0.05, 0) is 66.8 Å². The van der Waals surface area contributed by atoms with E-state index in [1.54, 1.807) is 0 Å². The summed E-state index contributed by atoms with van der Waals surface area (Å²) in [5.74, 6) is 0. The summed E-state index contributed by atoms with van der Waals surface area (Å²) in [6.07, 6.45) is 0. The number of hydrogen-bond donors (Lipinski definition) is 0. The van der Waals surface area contributed by atoms with Crippen molar-refractivity contribution in [1.29, 1.82) is 0 Å². The maximum Gasteiger partial charge on any atom is 0.0725 e. The highest BCUT2D eigenvalue weighted by Crippen LogP contribution is 2.66. The van der Waals surface area contributed by atoms with Crippen molar-refractivity contribution in [2.24, 2.45) is 0 Å². The van der Waals surface area contributed by atoms with Gasteiger partial charge in [-0.25, -0.2) is 0 Å². The fourth-order valence-corrected chi connectivity index (χ4v) is 7.38. The largest absolute Gasteiger partial charge is 0.0725 e. The minimum Gasteiger partial charge on any atom is -0.0619 e. The quantitative estimate of drug-likeness (QED) is 0.226. The van der Waals surface area contributed by atoms with Gasteiger partial charge in [0.05, 0.1) is 5.41 Å². The van der Waals surface area contributed by atoms with E-state index in [1.165, 1.54) is 66.8 Å². The van der Waals surface area contributed by atoms with Crippen LogP contribution in [0.2, 0.25) is 0 Å². The Kier molecular flexibility index (Phi) is 3.25. The van der Waals surface area contributed by atoms with Crippen molar-refractivity contribution >= 4 is 0 Å². The molecule has 0 saturated heterocycles. The van der Waals surface area contributed by atoms with Gasteiger partial charge in [-0.3, -0.25) is 0 Å². The highest BCUT2D eigenvalue weighted by Gasteiger charge is 2.53. The lowest BCUT2D eigenvalue weighted by molar-refractivity contribution is 0.660. The van der Waals surface area contributed by atoms with Crippen LogP contribution in [0.15, 0.2) is 109 Å². The predicted molar refractivity (Wildman–Crippen MR) is 140 cm³/mol. The van der Waals surface area contributed by atoms with Crippen molar-refractivity contribution in [2.75, 3.05) is 0 Å². The standard InChI is InChI=1S/C34H24/c1-33(2)25-15-7-5-13-23(25)31-29(33)19-20-30-32(31)24-14-6-10-18-28(24)34(30)26-16-8-3-11-21(26)22-12-4-9-17-27(22)34/h3-20H,1-2H3. The Bertz CT molecular complexity index is 1640. The fourth-order valence-electron chi connectivity index (χ4n) is 7.38. The van der Waals surface area contributed by atoms with Crippen molar-refractivity contribution in [3.63, 3.8) is 0 Å². The van der Waals surface area contributed by atoms with Gasteiger partial charge in [0.1, 0.15) is 0 Å². The summed E-state index contributed by atoms with van der Waals surface area (Å²) in [5, 5.41) is 0. The van der Waals surface area contributed by atoms with E-state index in [2.05, 4.69) is 123 Å². The average Bonchev–Trinajstić information content (AvgIpc) is 3.44. The van der Waals surface area contributed by atoms with Crippen molar-refractivity contribution in [3.05, 3.63) is 143 Å². The minimum atomic E-state index is -0.268. The highest BCUT2D eigenvalue weighted by atomic mass is 14.5. The van der Waals surface area contributed by atoms with E-state index in [1.807, 2.05) is 0 Å². The van der Waals surface area contributed by atoms with Crippen LogP contribution in [0.5, 0.6) is 0 Å². The summed E-state index contributed by atoms with van der Waals surface area (Å²) in [6.45, 7) is 4.75. The Morgan fingerprint density at radius 2 is 0.735 bits per heavy atom. The predicted octanol–water partition coefficient (Wildman–Crippen LogP) is 8.34. The molecule has 0 aliphatic heterocycles. The Morgan fingerprint density at radius 1 is 0.353 bits per heavy atom. The molecule has 3 aliphatic carbocycles. The summed E-state index contributed by atoms with van der Waals surface area (Å²) in [7, 11) is 0. The van der Waals surface area contributed by atoms with Gasteiger partial charge in [-0.15, -0.1) is 0 Å². The zero-order valence-corrected chi connectivity index (χ0v) is 19.4. The first-order valence-corrected chi connectivity index (χ1v) is 12.2. The molecule has 0 radical (unpaired) electrons. The van der Waals surface area contributed by atoms with Gasteiger partial charge in [0.25, 0.3) is 0 Å². The number of benzene rings is 5. The molecule has 34 heavy (non-hydrogen) atoms. The van der Waals surface area contributed by atoms with Crippen LogP contribution in [-0.4, -0.2) is 0 Å². The van der Waals surface area contributed by atoms with Gasteiger partial charge in [0.2, 0.25) is 0 Å². The topological polar surface area (TPSA) is 0 Å². The molecule has 0 atom stereocenters. The highest BCUT2D eigenvalue weighted by molar-refractivity contribution is 6.02. The molecule has 0 nitrogen and oxygen atoms in total. The maximum atomic E-state index is 2.45. The molecule has 0 saturated carbocycles. The third kappa shape index (κ3) is 1.87. The Balaban J connectivity index is 1.60. The molecule has 1 spiro atoms. The minimum absolute atomic E-state index is 0.00283. The van der Waals surface area contributed by atoms with Gasteiger partial charge in [0.15, 0.2) is 0 Å². The molecule has 0 fully saturated rings. The smallest absolute Gasteiger partial charge is 0.0619 e. The van der Waals surface area contributed by atoms with Crippen LogP contribution in [0.4, 0.5) is 0 Å². The summed E-state index contributed by atoms with van der Waals surface area (Å²) in [5.41, 5.74) is 16.6. The molecule has 0 heterocycles. The SMILES string of the molecule is CC1(C)c2ccccc2-c2c1ccc1c2-c2ccccc2C12c1ccccc1-c1ccccc12. The Morgan fingerprint density at radius 3 is 1.32 bits per heavy atom. The second-order valence-electron chi connectivity index (χ2n) is 10.5. The molecule has 3 aliphatic rings. The molecule has 5 aromatic rings. The van der Waals surface area contributed by atoms with Crippen LogP contribution in [0.3, 0.4) is 0 Å². The van der Waals surface area contributed by atoms with E-state index in [9.17, 15) is 0 Å². The monoisotopic (exact) mass is 432 g/mol. The molecule has 160 valence electrons. The van der Waals surface area contributed by atoms with E-state index in [-0.39, 0.29) is 10.8 Å². The van der Waals surface area contributed by atoms with Gasteiger partial charge in [-0.2, -0.15) is 0 Å². The fraction of sp³-hybridized carbons (Fsp3) is 0.118. The third-order valence-corrected chi connectivity index (χ3v) is 8.71. The van der Waals surface area contributed by atoms with Crippen molar-refractivity contribution < 1.29 is 0 Å². The molecule has 5 aromatic carbocycles. The lowest BCUT2D eigenvalue weighted by Gasteiger charge is -2.31. The van der Waals surface area contributed by atoms with E-state index in [0.29, 0.717) is 0 Å².